The van der Waals surface area contributed by atoms with E-state index in [1.165, 1.54) is 30.3 Å². The zero-order valence-electron chi connectivity index (χ0n) is 19.5. The highest BCUT2D eigenvalue weighted by Gasteiger charge is 2.37. The minimum atomic E-state index is -4.38. The molecule has 0 saturated heterocycles. The molecule has 0 radical (unpaired) electrons. The molecule has 0 bridgehead atoms. The summed E-state index contributed by atoms with van der Waals surface area (Å²) in [5.41, 5.74) is -1.50. The van der Waals surface area contributed by atoms with Gasteiger partial charge in [-0.1, -0.05) is 78.9 Å². The number of hydrogen-bond donors (Lipinski definition) is 0. The zero-order chi connectivity index (χ0) is 25.3. The number of rotatable bonds is 12. The van der Waals surface area contributed by atoms with E-state index in [1.54, 1.807) is 80.6 Å². The van der Waals surface area contributed by atoms with Crippen LogP contribution in [0.5, 0.6) is 0 Å². The standard InChI is InChI=1S/C26H28FO6PS/c1-3-31-34(28,32-4-2)33-25(22-16-10-6-11-17-22)20-24(21-14-8-5-9-15-21)26(27)35(29,30)23-18-12-7-13-19-23/h5-20,24,26H,3-4H2,1-2H3/b25-20-. The fourth-order valence-corrected chi connectivity index (χ4v) is 6.04. The minimum Gasteiger partial charge on any atom is -0.404 e. The van der Waals surface area contributed by atoms with Gasteiger partial charge in [0.2, 0.25) is 15.3 Å². The van der Waals surface area contributed by atoms with E-state index in [9.17, 15) is 13.0 Å². The van der Waals surface area contributed by atoms with Crippen LogP contribution in [0.25, 0.3) is 5.76 Å². The first-order valence-corrected chi connectivity index (χ1v) is 14.2. The first kappa shape index (κ1) is 26.8. The molecule has 0 N–H and O–H groups in total. The molecule has 0 amide bonds. The largest absolute Gasteiger partial charge is 0.530 e. The summed E-state index contributed by atoms with van der Waals surface area (Å²) in [5, 5.41) is 0. The number of allylic oxidation sites excluding steroid dienone is 1. The summed E-state index contributed by atoms with van der Waals surface area (Å²) in [6, 6.07) is 24.4. The molecule has 2 atom stereocenters. The Bertz CT molecular complexity index is 1240. The maximum absolute atomic E-state index is 16.0. The predicted octanol–water partition coefficient (Wildman–Crippen LogP) is 6.78. The van der Waals surface area contributed by atoms with E-state index in [0.29, 0.717) is 11.1 Å². The number of alkyl halides is 1. The van der Waals surface area contributed by atoms with Crippen LogP contribution in [-0.2, 0) is 28.0 Å². The average Bonchev–Trinajstić information content (AvgIpc) is 2.88. The van der Waals surface area contributed by atoms with Gasteiger partial charge in [-0.05, 0) is 37.6 Å². The van der Waals surface area contributed by atoms with Crippen LogP contribution >= 0.6 is 7.82 Å². The van der Waals surface area contributed by atoms with Gasteiger partial charge >= 0.3 is 7.82 Å². The van der Waals surface area contributed by atoms with Crippen LogP contribution in [0.3, 0.4) is 0 Å². The van der Waals surface area contributed by atoms with Crippen molar-refractivity contribution in [2.45, 2.75) is 30.2 Å². The van der Waals surface area contributed by atoms with Gasteiger partial charge in [0.15, 0.2) is 0 Å². The van der Waals surface area contributed by atoms with Crippen LogP contribution in [0, 0.1) is 0 Å². The predicted molar refractivity (Wildman–Crippen MR) is 134 cm³/mol. The second-order valence-electron chi connectivity index (χ2n) is 7.42. The molecule has 186 valence electrons. The molecule has 0 aliphatic carbocycles. The summed E-state index contributed by atoms with van der Waals surface area (Å²) in [7, 11) is -8.43. The van der Waals surface area contributed by atoms with E-state index in [4.69, 9.17) is 13.6 Å². The van der Waals surface area contributed by atoms with Gasteiger partial charge in [0.1, 0.15) is 5.76 Å². The van der Waals surface area contributed by atoms with Crippen LogP contribution in [0.2, 0.25) is 0 Å². The molecule has 35 heavy (non-hydrogen) atoms. The Kier molecular flexibility index (Phi) is 9.40. The van der Waals surface area contributed by atoms with Gasteiger partial charge in [-0.25, -0.2) is 17.4 Å². The van der Waals surface area contributed by atoms with E-state index in [0.717, 1.165) is 0 Å². The number of hydrogen-bond acceptors (Lipinski definition) is 6. The number of benzene rings is 3. The fraction of sp³-hybridized carbons (Fsp3) is 0.231. The third-order valence-corrected chi connectivity index (χ3v) is 8.39. The van der Waals surface area contributed by atoms with E-state index in [2.05, 4.69) is 0 Å². The maximum atomic E-state index is 16.0. The monoisotopic (exact) mass is 518 g/mol. The number of phosphoric acid groups is 1. The lowest BCUT2D eigenvalue weighted by atomic mass is 9.98. The SMILES string of the molecule is CCOP(=O)(OCC)O/C(=C\C(c1ccccc1)C(F)S(=O)(=O)c1ccccc1)c1ccccc1. The Labute approximate surface area is 205 Å². The van der Waals surface area contributed by atoms with Crippen molar-refractivity contribution in [3.05, 3.63) is 108 Å². The van der Waals surface area contributed by atoms with Crippen LogP contribution in [-0.4, -0.2) is 27.1 Å². The van der Waals surface area contributed by atoms with Crippen molar-refractivity contribution < 1.29 is 30.9 Å². The molecule has 0 fully saturated rings. The second kappa shape index (κ2) is 12.3. The van der Waals surface area contributed by atoms with Crippen molar-refractivity contribution in [1.82, 2.24) is 0 Å². The smallest absolute Gasteiger partial charge is 0.404 e. The van der Waals surface area contributed by atoms with Crippen molar-refractivity contribution in [2.75, 3.05) is 13.2 Å². The lowest BCUT2D eigenvalue weighted by Crippen LogP contribution is -2.24. The molecule has 0 aliphatic rings. The summed E-state index contributed by atoms with van der Waals surface area (Å²) >= 11 is 0. The number of sulfone groups is 1. The Balaban J connectivity index is 2.16. The lowest BCUT2D eigenvalue weighted by molar-refractivity contribution is 0.159. The first-order valence-electron chi connectivity index (χ1n) is 11.1. The summed E-state index contributed by atoms with van der Waals surface area (Å²) < 4.78 is 71.9. The molecule has 0 heterocycles. The van der Waals surface area contributed by atoms with Crippen LogP contribution in [0.15, 0.2) is 102 Å². The van der Waals surface area contributed by atoms with Gasteiger partial charge in [-0.15, -0.1) is 0 Å². The average molecular weight is 519 g/mol. The van der Waals surface area contributed by atoms with Crippen LogP contribution in [0.4, 0.5) is 4.39 Å². The van der Waals surface area contributed by atoms with Gasteiger partial charge in [0.25, 0.3) is 0 Å². The van der Waals surface area contributed by atoms with Gasteiger partial charge in [0, 0.05) is 5.56 Å². The number of halogens is 1. The molecule has 3 aromatic rings. The highest BCUT2D eigenvalue weighted by atomic mass is 32.2. The van der Waals surface area contributed by atoms with Gasteiger partial charge in [-0.3, -0.25) is 9.05 Å². The van der Waals surface area contributed by atoms with Gasteiger partial charge < -0.3 is 4.52 Å². The molecule has 0 spiro atoms. The van der Waals surface area contributed by atoms with E-state index < -0.39 is 29.1 Å². The van der Waals surface area contributed by atoms with Crippen molar-refractivity contribution >= 4 is 23.4 Å². The third-order valence-electron chi connectivity index (χ3n) is 5.01. The molecular weight excluding hydrogens is 490 g/mol. The molecule has 3 aromatic carbocycles. The van der Waals surface area contributed by atoms with E-state index in [1.807, 2.05) is 0 Å². The van der Waals surface area contributed by atoms with E-state index >= 15 is 4.39 Å². The number of phosphoric ester groups is 1. The molecule has 2 unspecified atom stereocenters. The van der Waals surface area contributed by atoms with Crippen molar-refractivity contribution in [3.8, 4) is 0 Å². The molecule has 0 aromatic heterocycles. The second-order valence-corrected chi connectivity index (χ2v) is 11.0. The highest BCUT2D eigenvalue weighted by Crippen LogP contribution is 2.53. The van der Waals surface area contributed by atoms with Crippen molar-refractivity contribution in [2.24, 2.45) is 0 Å². The highest BCUT2D eigenvalue weighted by molar-refractivity contribution is 7.92. The lowest BCUT2D eigenvalue weighted by Gasteiger charge is -2.23. The minimum absolute atomic E-state index is 0.0180. The summed E-state index contributed by atoms with van der Waals surface area (Å²) in [4.78, 5) is -0.140. The van der Waals surface area contributed by atoms with Crippen LogP contribution < -0.4 is 0 Å². The topological polar surface area (TPSA) is 78.9 Å². The summed E-state index contributed by atoms with van der Waals surface area (Å²) in [5.74, 6) is -1.30. The molecular formula is C26H28FO6PS. The molecule has 9 heteroatoms. The summed E-state index contributed by atoms with van der Waals surface area (Å²) in [6.07, 6.45) is 1.32. The molecule has 6 nitrogen and oxygen atoms in total. The Morgan fingerprint density at radius 2 is 1.34 bits per heavy atom. The normalized spacial score (nSPS) is 14.3. The Hall–Kier alpha value is -2.77. The molecule has 3 rings (SSSR count). The Morgan fingerprint density at radius 3 is 1.86 bits per heavy atom. The molecule has 0 aliphatic heterocycles. The third kappa shape index (κ3) is 6.89. The van der Waals surface area contributed by atoms with Crippen LogP contribution in [0.1, 0.15) is 30.9 Å². The van der Waals surface area contributed by atoms with Gasteiger partial charge in [-0.2, -0.15) is 0 Å². The Morgan fingerprint density at radius 1 is 0.857 bits per heavy atom. The maximum Gasteiger partial charge on any atom is 0.530 e. The first-order chi connectivity index (χ1) is 16.8. The molecule has 0 saturated carbocycles. The zero-order valence-corrected chi connectivity index (χ0v) is 21.2. The van der Waals surface area contributed by atoms with Crippen molar-refractivity contribution in [3.63, 3.8) is 0 Å². The summed E-state index contributed by atoms with van der Waals surface area (Å²) in [6.45, 7) is 3.38. The van der Waals surface area contributed by atoms with Crippen molar-refractivity contribution in [1.29, 1.82) is 0 Å². The van der Waals surface area contributed by atoms with Gasteiger partial charge in [0.05, 0.1) is 24.0 Å². The van der Waals surface area contributed by atoms with E-state index in [-0.39, 0.29) is 23.9 Å². The quantitative estimate of drug-likeness (QED) is 0.194. The fourth-order valence-electron chi connectivity index (χ4n) is 3.40.